The number of hydrogen-bond donors (Lipinski definition) is 1. The van der Waals surface area contributed by atoms with Gasteiger partial charge in [-0.1, -0.05) is 13.0 Å². The minimum Gasteiger partial charge on any atom is -0.491 e. The van der Waals surface area contributed by atoms with Crippen molar-refractivity contribution in [1.29, 1.82) is 0 Å². The van der Waals surface area contributed by atoms with E-state index < -0.39 is 0 Å². The Hall–Kier alpha value is -1.09. The van der Waals surface area contributed by atoms with Crippen LogP contribution in [0.2, 0.25) is 0 Å². The molecule has 0 saturated carbocycles. The lowest BCUT2D eigenvalue weighted by molar-refractivity contribution is 0.301. The molecule has 0 atom stereocenters. The second kappa shape index (κ2) is 5.60. The molecule has 3 heteroatoms. The molecule has 0 amide bonds. The van der Waals surface area contributed by atoms with Gasteiger partial charge in [-0.2, -0.15) is 0 Å². The van der Waals surface area contributed by atoms with E-state index in [1.54, 1.807) is 6.07 Å². The Bertz CT molecular complexity index is 289. The van der Waals surface area contributed by atoms with Gasteiger partial charge >= 0.3 is 0 Å². The van der Waals surface area contributed by atoms with Crippen LogP contribution in [0, 0.1) is 5.82 Å². The van der Waals surface area contributed by atoms with Crippen LogP contribution >= 0.6 is 0 Å². The van der Waals surface area contributed by atoms with E-state index in [0.29, 0.717) is 25.3 Å². The molecule has 0 saturated heterocycles. The zero-order chi connectivity index (χ0) is 10.4. The predicted octanol–water partition coefficient (Wildman–Crippen LogP) is 2.12. The molecule has 0 aliphatic heterocycles. The molecule has 0 aromatic heterocycles. The van der Waals surface area contributed by atoms with Gasteiger partial charge in [-0.25, -0.2) is 4.39 Å². The lowest BCUT2D eigenvalue weighted by Gasteiger charge is -2.06. The Morgan fingerprint density at radius 1 is 1.43 bits per heavy atom. The average molecular weight is 197 g/mol. The zero-order valence-electron chi connectivity index (χ0n) is 8.42. The molecule has 14 heavy (non-hydrogen) atoms. The first-order valence-corrected chi connectivity index (χ1v) is 4.89. The van der Waals surface area contributed by atoms with Crippen molar-refractivity contribution in [3.63, 3.8) is 0 Å². The lowest BCUT2D eigenvalue weighted by Crippen LogP contribution is -2.03. The SMILES string of the molecule is CCCOc1ccc(CCN)cc1F. The Kier molecular flexibility index (Phi) is 4.40. The Morgan fingerprint density at radius 2 is 2.21 bits per heavy atom. The first-order valence-electron chi connectivity index (χ1n) is 4.89. The van der Waals surface area contributed by atoms with Crippen molar-refractivity contribution < 1.29 is 9.13 Å². The van der Waals surface area contributed by atoms with Gasteiger partial charge in [0.2, 0.25) is 0 Å². The third kappa shape index (κ3) is 3.00. The minimum atomic E-state index is -0.301. The van der Waals surface area contributed by atoms with Gasteiger partial charge in [-0.05, 0) is 37.1 Å². The van der Waals surface area contributed by atoms with Crippen LogP contribution in [0.5, 0.6) is 5.75 Å². The van der Waals surface area contributed by atoms with E-state index in [4.69, 9.17) is 10.5 Å². The molecule has 0 fully saturated rings. The summed E-state index contributed by atoms with van der Waals surface area (Å²) < 4.78 is 18.5. The molecule has 0 aliphatic rings. The van der Waals surface area contributed by atoms with E-state index in [-0.39, 0.29) is 5.82 Å². The maximum Gasteiger partial charge on any atom is 0.165 e. The fraction of sp³-hybridized carbons (Fsp3) is 0.455. The van der Waals surface area contributed by atoms with Gasteiger partial charge in [-0.3, -0.25) is 0 Å². The van der Waals surface area contributed by atoms with Crippen molar-refractivity contribution in [2.45, 2.75) is 19.8 Å². The van der Waals surface area contributed by atoms with Crippen molar-refractivity contribution in [2.75, 3.05) is 13.2 Å². The summed E-state index contributed by atoms with van der Waals surface area (Å²) in [7, 11) is 0. The van der Waals surface area contributed by atoms with Crippen molar-refractivity contribution in [3.05, 3.63) is 29.6 Å². The normalized spacial score (nSPS) is 10.2. The van der Waals surface area contributed by atoms with Crippen molar-refractivity contribution in [1.82, 2.24) is 0 Å². The minimum absolute atomic E-state index is 0.301. The number of halogens is 1. The number of nitrogens with two attached hydrogens (primary N) is 1. The molecule has 0 unspecified atom stereocenters. The number of hydrogen-bond acceptors (Lipinski definition) is 2. The molecular weight excluding hydrogens is 181 g/mol. The van der Waals surface area contributed by atoms with E-state index in [1.165, 1.54) is 6.07 Å². The summed E-state index contributed by atoms with van der Waals surface area (Å²) in [5.41, 5.74) is 6.29. The molecule has 0 aliphatic carbocycles. The molecule has 0 spiro atoms. The monoisotopic (exact) mass is 197 g/mol. The van der Waals surface area contributed by atoms with Crippen LogP contribution in [-0.4, -0.2) is 13.2 Å². The summed E-state index contributed by atoms with van der Waals surface area (Å²) in [6.07, 6.45) is 1.58. The van der Waals surface area contributed by atoms with E-state index in [9.17, 15) is 4.39 Å². The average Bonchev–Trinajstić information content (AvgIpc) is 2.17. The second-order valence-electron chi connectivity index (χ2n) is 3.15. The Morgan fingerprint density at radius 3 is 2.79 bits per heavy atom. The highest BCUT2D eigenvalue weighted by molar-refractivity contribution is 5.29. The summed E-state index contributed by atoms with van der Waals surface area (Å²) in [4.78, 5) is 0. The zero-order valence-corrected chi connectivity index (χ0v) is 8.42. The van der Waals surface area contributed by atoms with Crippen LogP contribution < -0.4 is 10.5 Å². The maximum absolute atomic E-state index is 13.3. The van der Waals surface area contributed by atoms with Gasteiger partial charge in [0.15, 0.2) is 11.6 Å². The van der Waals surface area contributed by atoms with Gasteiger partial charge in [-0.15, -0.1) is 0 Å². The Balaban J connectivity index is 2.68. The molecular formula is C11H16FNO. The fourth-order valence-electron chi connectivity index (χ4n) is 1.20. The van der Waals surface area contributed by atoms with Crippen LogP contribution in [0.4, 0.5) is 4.39 Å². The van der Waals surface area contributed by atoms with E-state index in [1.807, 2.05) is 13.0 Å². The van der Waals surface area contributed by atoms with Gasteiger partial charge in [0.05, 0.1) is 6.61 Å². The maximum atomic E-state index is 13.3. The van der Waals surface area contributed by atoms with Crippen molar-refractivity contribution >= 4 is 0 Å². The molecule has 0 radical (unpaired) electrons. The number of ether oxygens (including phenoxy) is 1. The van der Waals surface area contributed by atoms with Gasteiger partial charge in [0.1, 0.15) is 0 Å². The Labute approximate surface area is 83.9 Å². The van der Waals surface area contributed by atoms with Crippen LogP contribution in [-0.2, 0) is 6.42 Å². The second-order valence-corrected chi connectivity index (χ2v) is 3.15. The highest BCUT2D eigenvalue weighted by Crippen LogP contribution is 2.18. The lowest BCUT2D eigenvalue weighted by atomic mass is 10.1. The van der Waals surface area contributed by atoms with Crippen LogP contribution in [0.1, 0.15) is 18.9 Å². The largest absolute Gasteiger partial charge is 0.491 e. The molecule has 0 heterocycles. The third-order valence-corrected chi connectivity index (χ3v) is 1.89. The molecule has 2 nitrogen and oxygen atoms in total. The van der Waals surface area contributed by atoms with E-state index in [0.717, 1.165) is 12.0 Å². The number of rotatable bonds is 5. The van der Waals surface area contributed by atoms with Gasteiger partial charge in [0.25, 0.3) is 0 Å². The summed E-state index contributed by atoms with van der Waals surface area (Å²) >= 11 is 0. The summed E-state index contributed by atoms with van der Waals surface area (Å²) in [5, 5.41) is 0. The summed E-state index contributed by atoms with van der Waals surface area (Å²) in [6, 6.07) is 4.99. The summed E-state index contributed by atoms with van der Waals surface area (Å²) in [5.74, 6) is 0.0250. The van der Waals surface area contributed by atoms with Crippen LogP contribution in [0.15, 0.2) is 18.2 Å². The van der Waals surface area contributed by atoms with Crippen LogP contribution in [0.3, 0.4) is 0 Å². The smallest absolute Gasteiger partial charge is 0.165 e. The quantitative estimate of drug-likeness (QED) is 0.784. The predicted molar refractivity (Wildman–Crippen MR) is 54.9 cm³/mol. The number of benzene rings is 1. The van der Waals surface area contributed by atoms with Gasteiger partial charge in [0, 0.05) is 0 Å². The standard InChI is InChI=1S/C11H16FNO/c1-2-7-14-11-4-3-9(5-6-13)8-10(11)12/h3-4,8H,2,5-7,13H2,1H3. The summed E-state index contributed by atoms with van der Waals surface area (Å²) in [6.45, 7) is 3.07. The molecule has 2 N–H and O–H groups in total. The van der Waals surface area contributed by atoms with E-state index in [2.05, 4.69) is 0 Å². The molecule has 0 bridgehead atoms. The molecule has 78 valence electrons. The topological polar surface area (TPSA) is 35.2 Å². The highest BCUT2D eigenvalue weighted by Gasteiger charge is 2.03. The van der Waals surface area contributed by atoms with Gasteiger partial charge < -0.3 is 10.5 Å². The van der Waals surface area contributed by atoms with Crippen molar-refractivity contribution in [2.24, 2.45) is 5.73 Å². The molecule has 1 rings (SSSR count). The molecule has 1 aromatic carbocycles. The fourth-order valence-corrected chi connectivity index (χ4v) is 1.20. The highest BCUT2D eigenvalue weighted by atomic mass is 19.1. The van der Waals surface area contributed by atoms with E-state index >= 15 is 0 Å². The first-order chi connectivity index (χ1) is 6.77. The third-order valence-electron chi connectivity index (χ3n) is 1.89. The van der Waals surface area contributed by atoms with Crippen LogP contribution in [0.25, 0.3) is 0 Å². The first kappa shape index (κ1) is 11.0. The van der Waals surface area contributed by atoms with Crippen molar-refractivity contribution in [3.8, 4) is 5.75 Å². The molecule has 1 aromatic rings.